The molecule has 2 aromatic heterocycles. The molecular formula is C22H16ClN3O3S3. The molecule has 1 amide bonds. The van der Waals surface area contributed by atoms with Gasteiger partial charge in [0.2, 0.25) is 5.91 Å². The molecule has 0 saturated carbocycles. The van der Waals surface area contributed by atoms with Crippen molar-refractivity contribution in [3.05, 3.63) is 52.9 Å². The molecule has 0 radical (unpaired) electrons. The first kappa shape index (κ1) is 20.3. The fourth-order valence-corrected chi connectivity index (χ4v) is 8.78. The highest BCUT2D eigenvalue weighted by Crippen LogP contribution is 2.50. The fraction of sp³-hybridized carbons (Fsp3) is 0.182. The number of carbonyl (C=O) groups is 1. The van der Waals surface area contributed by atoms with E-state index in [0.29, 0.717) is 28.9 Å². The number of aromatic nitrogens is 1. The minimum absolute atomic E-state index is 0.153. The predicted octanol–water partition coefficient (Wildman–Crippen LogP) is 5.45. The third-order valence-electron chi connectivity index (χ3n) is 5.88. The lowest BCUT2D eigenvalue weighted by molar-refractivity contribution is -0.119. The largest absolute Gasteiger partial charge is 0.301 e. The number of fused-ring (bicyclic) bond motifs is 3. The zero-order chi connectivity index (χ0) is 22.0. The van der Waals surface area contributed by atoms with Crippen LogP contribution in [0.5, 0.6) is 0 Å². The molecular weight excluding hydrogens is 486 g/mol. The molecule has 0 spiro atoms. The molecule has 2 aromatic carbocycles. The van der Waals surface area contributed by atoms with Gasteiger partial charge in [0.25, 0.3) is 10.0 Å². The Morgan fingerprint density at radius 2 is 1.88 bits per heavy atom. The van der Waals surface area contributed by atoms with E-state index >= 15 is 0 Å². The van der Waals surface area contributed by atoms with Gasteiger partial charge in [0.15, 0.2) is 5.13 Å². The first-order valence-electron chi connectivity index (χ1n) is 10.0. The van der Waals surface area contributed by atoms with Crippen molar-refractivity contribution in [1.29, 1.82) is 0 Å². The SMILES string of the molecule is O=C(Nc1nc2c(s1)-c1cccc3cccc-2c13)C1CCCN1S(=O)(=O)c1ccc(Cl)s1. The first-order chi connectivity index (χ1) is 15.4. The van der Waals surface area contributed by atoms with Crippen LogP contribution in [0.25, 0.3) is 32.5 Å². The highest BCUT2D eigenvalue weighted by Gasteiger charge is 2.40. The molecule has 1 N–H and O–H groups in total. The number of carbonyl (C=O) groups excluding carboxylic acids is 1. The molecule has 6 rings (SSSR count). The van der Waals surface area contributed by atoms with Crippen LogP contribution < -0.4 is 5.32 Å². The van der Waals surface area contributed by atoms with Crippen molar-refractivity contribution in [3.8, 4) is 21.7 Å². The summed E-state index contributed by atoms with van der Waals surface area (Å²) in [5, 5.41) is 5.70. The molecule has 4 aromatic rings. The number of nitrogens with zero attached hydrogens (tertiary/aromatic N) is 2. The predicted molar refractivity (Wildman–Crippen MR) is 129 cm³/mol. The zero-order valence-electron chi connectivity index (χ0n) is 16.5. The summed E-state index contributed by atoms with van der Waals surface area (Å²) >= 11 is 8.35. The van der Waals surface area contributed by atoms with Gasteiger partial charge < -0.3 is 5.32 Å². The van der Waals surface area contributed by atoms with Crippen molar-refractivity contribution >= 4 is 66.1 Å². The Morgan fingerprint density at radius 3 is 2.62 bits per heavy atom. The maximum Gasteiger partial charge on any atom is 0.253 e. The maximum atomic E-state index is 13.1. The van der Waals surface area contributed by atoms with Crippen LogP contribution in [-0.4, -0.2) is 36.2 Å². The van der Waals surface area contributed by atoms with Crippen LogP contribution in [0.1, 0.15) is 12.8 Å². The molecule has 32 heavy (non-hydrogen) atoms. The number of nitrogens with one attached hydrogen (secondary N) is 1. The summed E-state index contributed by atoms with van der Waals surface area (Å²) in [6.07, 6.45) is 1.09. The fourth-order valence-electron chi connectivity index (χ4n) is 4.50. The van der Waals surface area contributed by atoms with Crippen molar-refractivity contribution in [2.45, 2.75) is 23.1 Å². The first-order valence-corrected chi connectivity index (χ1v) is 13.5. The summed E-state index contributed by atoms with van der Waals surface area (Å²) in [6.45, 7) is 0.305. The Kier molecular flexibility index (Phi) is 4.67. The minimum atomic E-state index is -3.78. The summed E-state index contributed by atoms with van der Waals surface area (Å²) in [5.41, 5.74) is 3.04. The lowest BCUT2D eigenvalue weighted by atomic mass is 10.0. The molecule has 2 aliphatic rings. The molecule has 1 unspecified atom stereocenters. The lowest BCUT2D eigenvalue weighted by Gasteiger charge is -2.22. The summed E-state index contributed by atoms with van der Waals surface area (Å²) in [7, 11) is -3.78. The third kappa shape index (κ3) is 3.03. The monoisotopic (exact) mass is 501 g/mol. The number of hydrogen-bond donors (Lipinski definition) is 1. The van der Waals surface area contributed by atoms with Crippen LogP contribution in [-0.2, 0) is 14.8 Å². The maximum absolute atomic E-state index is 13.1. The van der Waals surface area contributed by atoms with Crippen LogP contribution in [0, 0.1) is 0 Å². The number of hydrogen-bond acceptors (Lipinski definition) is 6. The number of thiazole rings is 1. The van der Waals surface area contributed by atoms with Crippen molar-refractivity contribution in [2.24, 2.45) is 0 Å². The second-order valence-electron chi connectivity index (χ2n) is 7.73. The van der Waals surface area contributed by atoms with Crippen LogP contribution in [0.15, 0.2) is 52.7 Å². The number of rotatable bonds is 4. The normalized spacial score (nSPS) is 17.7. The van der Waals surface area contributed by atoms with E-state index < -0.39 is 16.1 Å². The van der Waals surface area contributed by atoms with E-state index in [-0.39, 0.29) is 10.1 Å². The number of amides is 1. The lowest BCUT2D eigenvalue weighted by Crippen LogP contribution is -2.42. The third-order valence-corrected chi connectivity index (χ3v) is 10.5. The topological polar surface area (TPSA) is 79.4 Å². The second-order valence-corrected chi connectivity index (χ2v) is 12.6. The Morgan fingerprint density at radius 1 is 1.09 bits per heavy atom. The smallest absolute Gasteiger partial charge is 0.253 e. The van der Waals surface area contributed by atoms with Gasteiger partial charge in [-0.25, -0.2) is 13.4 Å². The standard InChI is InChI=1S/C22H16ClN3O3S3/c23-16-9-10-17(30-16)32(28,29)26-11-3-8-15(26)21(27)25-22-24-19-13-6-1-4-12-5-2-7-14(18(12)13)20(19)31-22/h1-2,4-7,9-10,15H,3,8,11H2,(H,24,25,27). The summed E-state index contributed by atoms with van der Waals surface area (Å²) < 4.78 is 27.9. The summed E-state index contributed by atoms with van der Waals surface area (Å²) in [4.78, 5) is 18.8. The van der Waals surface area contributed by atoms with Gasteiger partial charge in [0.1, 0.15) is 10.3 Å². The summed E-state index contributed by atoms with van der Waals surface area (Å²) in [6, 6.07) is 14.6. The van der Waals surface area contributed by atoms with Crippen molar-refractivity contribution < 1.29 is 13.2 Å². The molecule has 10 heteroatoms. The van der Waals surface area contributed by atoms with Crippen molar-refractivity contribution in [3.63, 3.8) is 0 Å². The van der Waals surface area contributed by atoms with Crippen LogP contribution >= 0.6 is 34.3 Å². The quantitative estimate of drug-likeness (QED) is 0.355. The molecule has 162 valence electrons. The average Bonchev–Trinajstić information content (AvgIpc) is 3.54. The highest BCUT2D eigenvalue weighted by atomic mass is 35.5. The number of sulfonamides is 1. The molecule has 0 bridgehead atoms. The van der Waals surface area contributed by atoms with Gasteiger partial charge >= 0.3 is 0 Å². The summed E-state index contributed by atoms with van der Waals surface area (Å²) in [5.74, 6) is -0.354. The van der Waals surface area contributed by atoms with E-state index in [0.717, 1.165) is 38.4 Å². The van der Waals surface area contributed by atoms with Gasteiger partial charge in [-0.15, -0.1) is 11.3 Å². The van der Waals surface area contributed by atoms with Gasteiger partial charge in [-0.1, -0.05) is 59.3 Å². The van der Waals surface area contributed by atoms with Gasteiger partial charge in [-0.05, 0) is 35.7 Å². The number of anilines is 1. The van der Waals surface area contributed by atoms with Crippen LogP contribution in [0.2, 0.25) is 4.34 Å². The molecule has 1 atom stereocenters. The van der Waals surface area contributed by atoms with Crippen molar-refractivity contribution in [1.82, 2.24) is 9.29 Å². The van der Waals surface area contributed by atoms with Crippen LogP contribution in [0.4, 0.5) is 5.13 Å². The van der Waals surface area contributed by atoms with Gasteiger partial charge in [-0.2, -0.15) is 4.31 Å². The number of thiophene rings is 1. The molecule has 1 fully saturated rings. The minimum Gasteiger partial charge on any atom is -0.301 e. The molecule has 6 nitrogen and oxygen atoms in total. The van der Waals surface area contributed by atoms with E-state index in [1.54, 1.807) is 6.07 Å². The van der Waals surface area contributed by atoms with Crippen molar-refractivity contribution in [2.75, 3.05) is 11.9 Å². The average molecular weight is 502 g/mol. The number of halogens is 1. The Labute approximate surface area is 197 Å². The molecule has 3 heterocycles. The Balaban J connectivity index is 1.29. The van der Waals surface area contributed by atoms with E-state index in [1.807, 2.05) is 18.2 Å². The second kappa shape index (κ2) is 7.36. The molecule has 1 aliphatic heterocycles. The number of benzene rings is 2. The van der Waals surface area contributed by atoms with Gasteiger partial charge in [0.05, 0.1) is 14.9 Å². The zero-order valence-corrected chi connectivity index (χ0v) is 19.7. The Hall–Kier alpha value is -2.30. The molecule has 1 aliphatic carbocycles. The molecule has 1 saturated heterocycles. The van der Waals surface area contributed by atoms with Gasteiger partial charge in [-0.3, -0.25) is 4.79 Å². The van der Waals surface area contributed by atoms with E-state index in [9.17, 15) is 13.2 Å². The van der Waals surface area contributed by atoms with Gasteiger partial charge in [0, 0.05) is 17.7 Å². The van der Waals surface area contributed by atoms with E-state index in [1.165, 1.54) is 27.1 Å². The van der Waals surface area contributed by atoms with Crippen LogP contribution in [0.3, 0.4) is 0 Å². The van der Waals surface area contributed by atoms with E-state index in [2.05, 4.69) is 23.5 Å². The van der Waals surface area contributed by atoms with E-state index in [4.69, 9.17) is 16.6 Å². The highest BCUT2D eigenvalue weighted by molar-refractivity contribution is 7.91. The Bertz CT molecular complexity index is 1450.